The fourth-order valence-electron chi connectivity index (χ4n) is 3.41. The Kier molecular flexibility index (Phi) is 4.81. The minimum absolute atomic E-state index is 0.00508. The van der Waals surface area contributed by atoms with Crippen molar-refractivity contribution in [3.05, 3.63) is 65.7 Å². The molecule has 0 saturated carbocycles. The van der Waals surface area contributed by atoms with Crippen molar-refractivity contribution in [3.63, 3.8) is 0 Å². The molecule has 1 atom stereocenters. The fourth-order valence-corrected chi connectivity index (χ4v) is 3.41. The molecule has 9 heteroatoms. The lowest BCUT2D eigenvalue weighted by Gasteiger charge is -2.24. The lowest BCUT2D eigenvalue weighted by atomic mass is 10.1. The Hall–Kier alpha value is -3.62. The molecule has 2 heterocycles. The van der Waals surface area contributed by atoms with Crippen LogP contribution in [-0.2, 0) is 15.8 Å². The van der Waals surface area contributed by atoms with Crippen molar-refractivity contribution in [1.82, 2.24) is 9.78 Å². The minimum Gasteiger partial charge on any atom is -0.324 e. The minimum atomic E-state index is -4.53. The Bertz CT molecular complexity index is 1120. The summed E-state index contributed by atoms with van der Waals surface area (Å²) in [4.78, 5) is 25.1. The van der Waals surface area contributed by atoms with Gasteiger partial charge in [-0.15, -0.1) is 0 Å². The molecule has 1 aliphatic rings. The normalized spacial score (nSPS) is 16.0. The molecule has 0 spiro atoms. The van der Waals surface area contributed by atoms with E-state index < -0.39 is 23.7 Å². The number of nitrogens with zero attached hydrogens (tertiary/aromatic N) is 2. The number of hydrogen-bond donors (Lipinski definition) is 2. The number of fused-ring (bicyclic) bond motifs is 1. The average molecular weight is 414 g/mol. The zero-order valence-electron chi connectivity index (χ0n) is 15.8. The molecule has 0 bridgehead atoms. The quantitative estimate of drug-likeness (QED) is 0.667. The summed E-state index contributed by atoms with van der Waals surface area (Å²) in [6.45, 7) is 1.79. The Labute approximate surface area is 169 Å². The molecule has 2 N–H and O–H groups in total. The smallest absolute Gasteiger partial charge is 0.324 e. The number of rotatable bonds is 3. The van der Waals surface area contributed by atoms with Gasteiger partial charge in [-0.3, -0.25) is 9.59 Å². The lowest BCUT2D eigenvalue weighted by Crippen LogP contribution is -2.36. The van der Waals surface area contributed by atoms with Gasteiger partial charge in [0.1, 0.15) is 11.9 Å². The first-order chi connectivity index (χ1) is 14.2. The maximum Gasteiger partial charge on any atom is 0.416 e. The molecular weight excluding hydrogens is 397 g/mol. The van der Waals surface area contributed by atoms with Crippen molar-refractivity contribution >= 4 is 23.3 Å². The highest BCUT2D eigenvalue weighted by Gasteiger charge is 2.35. The van der Waals surface area contributed by atoms with Gasteiger partial charge in [0.05, 0.1) is 17.7 Å². The molecule has 0 aliphatic carbocycles. The zero-order valence-corrected chi connectivity index (χ0v) is 15.8. The topological polar surface area (TPSA) is 76.0 Å². The van der Waals surface area contributed by atoms with Crippen LogP contribution >= 0.6 is 0 Å². The van der Waals surface area contributed by atoms with Gasteiger partial charge < -0.3 is 10.6 Å². The summed E-state index contributed by atoms with van der Waals surface area (Å²) >= 11 is 0. The summed E-state index contributed by atoms with van der Waals surface area (Å²) in [6, 6.07) is 12.6. The van der Waals surface area contributed by atoms with Gasteiger partial charge in [-0.25, -0.2) is 4.68 Å². The van der Waals surface area contributed by atoms with Gasteiger partial charge in [0.15, 0.2) is 0 Å². The van der Waals surface area contributed by atoms with Gasteiger partial charge in [0.25, 0.3) is 0 Å². The standard InChI is InChI=1S/C21H17F3N4O2/c1-12-18(13-6-3-2-4-7-13)27-28-16(11-17(29)26-19(12)28)20(30)25-15-9-5-8-14(10-15)21(22,23)24/h2-10,16H,11H2,1H3,(H,25,30)(H,26,29)/t16-/m1/s1. The molecule has 0 unspecified atom stereocenters. The van der Waals surface area contributed by atoms with E-state index in [1.165, 1.54) is 16.8 Å². The second kappa shape index (κ2) is 7.33. The molecule has 1 aromatic heterocycles. The first-order valence-corrected chi connectivity index (χ1v) is 9.16. The van der Waals surface area contributed by atoms with Crippen LogP contribution in [0.1, 0.15) is 23.6 Å². The fraction of sp³-hybridized carbons (Fsp3) is 0.190. The summed E-state index contributed by atoms with van der Waals surface area (Å²) < 4.78 is 40.2. The van der Waals surface area contributed by atoms with E-state index in [1.54, 1.807) is 6.92 Å². The Balaban J connectivity index is 1.66. The first-order valence-electron chi connectivity index (χ1n) is 9.16. The predicted molar refractivity (Wildman–Crippen MR) is 105 cm³/mol. The molecule has 0 fully saturated rings. The molecule has 3 aromatic rings. The average Bonchev–Trinajstić information content (AvgIpc) is 3.04. The van der Waals surface area contributed by atoms with Gasteiger partial charge in [0.2, 0.25) is 11.8 Å². The first kappa shape index (κ1) is 19.7. The van der Waals surface area contributed by atoms with Crippen molar-refractivity contribution in [2.75, 3.05) is 10.6 Å². The van der Waals surface area contributed by atoms with Crippen molar-refractivity contribution in [1.29, 1.82) is 0 Å². The summed E-state index contributed by atoms with van der Waals surface area (Å²) in [5.74, 6) is -0.587. The molecule has 1 aliphatic heterocycles. The van der Waals surface area contributed by atoms with E-state index in [-0.39, 0.29) is 18.0 Å². The van der Waals surface area contributed by atoms with Gasteiger partial charge >= 0.3 is 6.18 Å². The summed E-state index contributed by atoms with van der Waals surface area (Å²) in [5, 5.41) is 9.72. The molecule has 154 valence electrons. The number of hydrogen-bond acceptors (Lipinski definition) is 3. The van der Waals surface area contributed by atoms with E-state index in [1.807, 2.05) is 30.3 Å². The van der Waals surface area contributed by atoms with E-state index in [0.29, 0.717) is 17.1 Å². The number of amides is 2. The summed E-state index contributed by atoms with van der Waals surface area (Å²) in [5.41, 5.74) is 1.26. The summed E-state index contributed by atoms with van der Waals surface area (Å²) in [6.07, 6.45) is -4.70. The molecule has 2 aromatic carbocycles. The number of halogens is 3. The number of anilines is 2. The second-order valence-electron chi connectivity index (χ2n) is 6.97. The largest absolute Gasteiger partial charge is 0.416 e. The SMILES string of the molecule is Cc1c(-c2ccccc2)nn2c1NC(=O)C[C@@H]2C(=O)Nc1cccc(C(F)(F)F)c1. The van der Waals surface area contributed by atoms with Crippen LogP contribution in [0.3, 0.4) is 0 Å². The van der Waals surface area contributed by atoms with Crippen LogP contribution in [-0.4, -0.2) is 21.6 Å². The van der Waals surface area contributed by atoms with Crippen LogP contribution in [0.2, 0.25) is 0 Å². The number of alkyl halides is 3. The third kappa shape index (κ3) is 3.66. The zero-order chi connectivity index (χ0) is 21.5. The molecule has 4 rings (SSSR count). The maximum absolute atomic E-state index is 12.9. The van der Waals surface area contributed by atoms with Crippen molar-refractivity contribution in [2.24, 2.45) is 0 Å². The highest BCUT2D eigenvalue weighted by molar-refractivity contribution is 6.02. The third-order valence-electron chi connectivity index (χ3n) is 4.89. The number of carbonyl (C=O) groups excluding carboxylic acids is 2. The van der Waals surface area contributed by atoms with Crippen molar-refractivity contribution in [3.8, 4) is 11.3 Å². The molecule has 2 amide bonds. The van der Waals surface area contributed by atoms with Gasteiger partial charge in [0, 0.05) is 16.8 Å². The third-order valence-corrected chi connectivity index (χ3v) is 4.89. The molecule has 0 saturated heterocycles. The van der Waals surface area contributed by atoms with Gasteiger partial charge in [-0.05, 0) is 25.1 Å². The van der Waals surface area contributed by atoms with Crippen LogP contribution in [0, 0.1) is 6.92 Å². The Morgan fingerprint density at radius 2 is 1.90 bits per heavy atom. The predicted octanol–water partition coefficient (Wildman–Crippen LogP) is 4.40. The Morgan fingerprint density at radius 3 is 2.60 bits per heavy atom. The molecular formula is C21H17F3N4O2. The van der Waals surface area contributed by atoms with Crippen LogP contribution in [0.4, 0.5) is 24.7 Å². The van der Waals surface area contributed by atoms with Crippen LogP contribution in [0.15, 0.2) is 54.6 Å². The number of benzene rings is 2. The molecule has 0 radical (unpaired) electrons. The number of carbonyl (C=O) groups is 2. The number of nitrogens with one attached hydrogen (secondary N) is 2. The summed E-state index contributed by atoms with van der Waals surface area (Å²) in [7, 11) is 0. The van der Waals surface area contributed by atoms with E-state index >= 15 is 0 Å². The lowest BCUT2D eigenvalue weighted by molar-refractivity contribution is -0.137. The van der Waals surface area contributed by atoms with E-state index in [9.17, 15) is 22.8 Å². The van der Waals surface area contributed by atoms with Gasteiger partial charge in [-0.1, -0.05) is 36.4 Å². The van der Waals surface area contributed by atoms with E-state index in [4.69, 9.17) is 0 Å². The van der Waals surface area contributed by atoms with Crippen LogP contribution in [0.25, 0.3) is 11.3 Å². The monoisotopic (exact) mass is 414 g/mol. The Morgan fingerprint density at radius 1 is 1.17 bits per heavy atom. The van der Waals surface area contributed by atoms with E-state index in [2.05, 4.69) is 15.7 Å². The second-order valence-corrected chi connectivity index (χ2v) is 6.97. The van der Waals surface area contributed by atoms with Crippen LogP contribution in [0.5, 0.6) is 0 Å². The van der Waals surface area contributed by atoms with Crippen LogP contribution < -0.4 is 10.6 Å². The highest BCUT2D eigenvalue weighted by Crippen LogP contribution is 2.35. The highest BCUT2D eigenvalue weighted by atomic mass is 19.4. The maximum atomic E-state index is 12.9. The van der Waals surface area contributed by atoms with Crippen molar-refractivity contribution in [2.45, 2.75) is 25.6 Å². The van der Waals surface area contributed by atoms with E-state index in [0.717, 1.165) is 17.7 Å². The molecule has 6 nitrogen and oxygen atoms in total. The molecule has 30 heavy (non-hydrogen) atoms. The van der Waals surface area contributed by atoms with Crippen molar-refractivity contribution < 1.29 is 22.8 Å². The van der Waals surface area contributed by atoms with Gasteiger partial charge in [-0.2, -0.15) is 18.3 Å². The number of aromatic nitrogens is 2.